The minimum absolute atomic E-state index is 0.511. The number of oxime groups is 1. The first kappa shape index (κ1) is 7.14. The van der Waals surface area contributed by atoms with Gasteiger partial charge in [-0.1, -0.05) is 19.0 Å². The average Bonchev–Trinajstić information content (AvgIpc) is 2.43. The lowest BCUT2D eigenvalue weighted by molar-refractivity contribution is 0.0667. The van der Waals surface area contributed by atoms with E-state index in [1.165, 1.54) is 18.6 Å². The van der Waals surface area contributed by atoms with E-state index in [9.17, 15) is 0 Å². The van der Waals surface area contributed by atoms with Crippen LogP contribution in [0.3, 0.4) is 0 Å². The number of hydrogen-bond donors (Lipinski definition) is 0. The standard InChI is InChI=1S/C9H15NO/c1-9(2)6-4-7(9)8(5-6)10-11-3/h6-7H,4-5H2,1-3H3/b10-8-. The van der Waals surface area contributed by atoms with Crippen molar-refractivity contribution in [3.8, 4) is 0 Å². The van der Waals surface area contributed by atoms with Crippen molar-refractivity contribution in [3.63, 3.8) is 0 Å². The highest BCUT2D eigenvalue weighted by Crippen LogP contribution is 2.60. The van der Waals surface area contributed by atoms with Crippen LogP contribution >= 0.6 is 0 Å². The van der Waals surface area contributed by atoms with Crippen LogP contribution in [0.25, 0.3) is 0 Å². The summed E-state index contributed by atoms with van der Waals surface area (Å²) in [5.74, 6) is 1.59. The SMILES string of the molecule is CO/N=C1/CC2CC1C2(C)C. The van der Waals surface area contributed by atoms with Gasteiger partial charge in [0.2, 0.25) is 0 Å². The molecule has 2 unspecified atom stereocenters. The Morgan fingerprint density at radius 1 is 1.55 bits per heavy atom. The molecule has 0 radical (unpaired) electrons. The predicted molar refractivity (Wildman–Crippen MR) is 44.4 cm³/mol. The first-order chi connectivity index (χ1) is 5.16. The highest BCUT2D eigenvalue weighted by atomic mass is 16.6. The molecule has 2 bridgehead atoms. The quantitative estimate of drug-likeness (QED) is 0.528. The molecule has 2 nitrogen and oxygen atoms in total. The zero-order valence-corrected chi connectivity index (χ0v) is 7.42. The number of rotatable bonds is 1. The summed E-state index contributed by atoms with van der Waals surface area (Å²) in [5, 5.41) is 4.06. The van der Waals surface area contributed by atoms with E-state index >= 15 is 0 Å². The number of hydrogen-bond acceptors (Lipinski definition) is 2. The maximum Gasteiger partial charge on any atom is 0.106 e. The summed E-state index contributed by atoms with van der Waals surface area (Å²) in [4.78, 5) is 4.80. The summed E-state index contributed by atoms with van der Waals surface area (Å²) >= 11 is 0. The van der Waals surface area contributed by atoms with Gasteiger partial charge in [0.25, 0.3) is 0 Å². The predicted octanol–water partition coefficient (Wildman–Crippen LogP) is 2.05. The first-order valence-corrected chi connectivity index (χ1v) is 4.26. The van der Waals surface area contributed by atoms with Crippen molar-refractivity contribution in [1.82, 2.24) is 0 Å². The van der Waals surface area contributed by atoms with Gasteiger partial charge in [0.15, 0.2) is 0 Å². The molecule has 2 atom stereocenters. The summed E-state index contributed by atoms with van der Waals surface area (Å²) in [7, 11) is 1.63. The summed E-state index contributed by atoms with van der Waals surface area (Å²) < 4.78 is 0. The fraction of sp³-hybridized carbons (Fsp3) is 0.889. The average molecular weight is 153 g/mol. The normalized spacial score (nSPS) is 42.3. The fourth-order valence-corrected chi connectivity index (χ4v) is 2.54. The Morgan fingerprint density at radius 2 is 2.27 bits per heavy atom. The second kappa shape index (κ2) is 1.99. The molecular weight excluding hydrogens is 138 g/mol. The van der Waals surface area contributed by atoms with Crippen molar-refractivity contribution >= 4 is 5.71 Å². The lowest BCUT2D eigenvalue weighted by atomic mass is 9.61. The molecule has 3 aliphatic rings. The molecule has 0 N–H and O–H groups in total. The molecule has 0 heterocycles. The second-order valence-corrected chi connectivity index (χ2v) is 4.28. The Morgan fingerprint density at radius 3 is 2.64 bits per heavy atom. The maximum absolute atomic E-state index is 4.80. The molecule has 3 rings (SSSR count). The van der Waals surface area contributed by atoms with Crippen LogP contribution in [0.1, 0.15) is 26.7 Å². The molecule has 0 aromatic heterocycles. The molecule has 0 amide bonds. The second-order valence-electron chi connectivity index (χ2n) is 4.28. The van der Waals surface area contributed by atoms with Crippen molar-refractivity contribution < 1.29 is 4.84 Å². The van der Waals surface area contributed by atoms with Crippen LogP contribution in [0.5, 0.6) is 0 Å². The molecule has 0 spiro atoms. The largest absolute Gasteiger partial charge is 0.399 e. The van der Waals surface area contributed by atoms with Crippen LogP contribution in [0.15, 0.2) is 5.16 Å². The molecule has 62 valence electrons. The summed E-state index contributed by atoms with van der Waals surface area (Å²) in [5.41, 5.74) is 1.81. The molecule has 0 aromatic carbocycles. The Kier molecular flexibility index (Phi) is 1.29. The van der Waals surface area contributed by atoms with E-state index in [-0.39, 0.29) is 0 Å². The first-order valence-electron chi connectivity index (χ1n) is 4.26. The van der Waals surface area contributed by atoms with Gasteiger partial charge in [-0.15, -0.1) is 0 Å². The third kappa shape index (κ3) is 0.754. The molecule has 0 saturated heterocycles. The fourth-order valence-electron chi connectivity index (χ4n) is 2.54. The zero-order valence-electron chi connectivity index (χ0n) is 7.42. The minimum atomic E-state index is 0.511. The van der Waals surface area contributed by atoms with Crippen molar-refractivity contribution in [2.75, 3.05) is 7.11 Å². The van der Waals surface area contributed by atoms with E-state index in [2.05, 4.69) is 19.0 Å². The highest BCUT2D eigenvalue weighted by Gasteiger charge is 2.57. The number of fused-ring (bicyclic) bond motifs is 1. The van der Waals surface area contributed by atoms with Gasteiger partial charge in [0, 0.05) is 5.92 Å². The van der Waals surface area contributed by atoms with E-state index in [0.29, 0.717) is 11.3 Å². The maximum atomic E-state index is 4.80. The molecular formula is C9H15NO. The highest BCUT2D eigenvalue weighted by molar-refractivity contribution is 5.92. The topological polar surface area (TPSA) is 21.6 Å². The van der Waals surface area contributed by atoms with Gasteiger partial charge in [-0.25, -0.2) is 0 Å². The van der Waals surface area contributed by atoms with Crippen molar-refractivity contribution in [3.05, 3.63) is 0 Å². The lowest BCUT2D eigenvalue weighted by Gasteiger charge is -2.43. The van der Waals surface area contributed by atoms with E-state index in [4.69, 9.17) is 4.84 Å². The Labute approximate surface area is 67.6 Å². The minimum Gasteiger partial charge on any atom is -0.399 e. The van der Waals surface area contributed by atoms with E-state index < -0.39 is 0 Å². The van der Waals surface area contributed by atoms with E-state index in [1.54, 1.807) is 7.11 Å². The molecule has 3 aliphatic carbocycles. The summed E-state index contributed by atoms with van der Waals surface area (Å²) in [6.45, 7) is 4.67. The molecule has 3 fully saturated rings. The van der Waals surface area contributed by atoms with Crippen LogP contribution in [0.4, 0.5) is 0 Å². The van der Waals surface area contributed by atoms with Crippen LogP contribution in [-0.4, -0.2) is 12.8 Å². The van der Waals surface area contributed by atoms with Crippen LogP contribution in [0, 0.1) is 17.3 Å². The van der Waals surface area contributed by atoms with Gasteiger partial charge in [-0.05, 0) is 24.2 Å². The Hall–Kier alpha value is -0.530. The van der Waals surface area contributed by atoms with Crippen LogP contribution in [0.2, 0.25) is 0 Å². The molecule has 2 heteroatoms. The van der Waals surface area contributed by atoms with Crippen LogP contribution in [-0.2, 0) is 4.84 Å². The third-order valence-corrected chi connectivity index (χ3v) is 3.54. The van der Waals surface area contributed by atoms with Gasteiger partial charge in [0.05, 0.1) is 5.71 Å². The van der Waals surface area contributed by atoms with Crippen molar-refractivity contribution in [2.45, 2.75) is 26.7 Å². The number of nitrogens with zero attached hydrogens (tertiary/aromatic N) is 1. The lowest BCUT2D eigenvalue weighted by Crippen LogP contribution is -2.38. The van der Waals surface area contributed by atoms with Gasteiger partial charge in [-0.2, -0.15) is 0 Å². The van der Waals surface area contributed by atoms with Gasteiger partial charge in [0.1, 0.15) is 7.11 Å². The van der Waals surface area contributed by atoms with Crippen LogP contribution < -0.4 is 0 Å². The molecule has 0 aromatic rings. The van der Waals surface area contributed by atoms with Crippen molar-refractivity contribution in [1.29, 1.82) is 0 Å². The van der Waals surface area contributed by atoms with Gasteiger partial charge < -0.3 is 4.84 Å². The molecule has 0 aliphatic heterocycles. The Balaban J connectivity index is 2.18. The third-order valence-electron chi connectivity index (χ3n) is 3.54. The van der Waals surface area contributed by atoms with E-state index in [0.717, 1.165) is 5.92 Å². The van der Waals surface area contributed by atoms with E-state index in [1.807, 2.05) is 0 Å². The molecule has 11 heavy (non-hydrogen) atoms. The zero-order chi connectivity index (χ0) is 8.06. The van der Waals surface area contributed by atoms with Crippen molar-refractivity contribution in [2.24, 2.45) is 22.4 Å². The summed E-state index contributed by atoms with van der Waals surface area (Å²) in [6, 6.07) is 0. The summed E-state index contributed by atoms with van der Waals surface area (Å²) in [6.07, 6.45) is 2.51. The molecule has 3 saturated carbocycles. The van der Waals surface area contributed by atoms with Gasteiger partial charge in [-0.3, -0.25) is 0 Å². The Bertz CT molecular complexity index is 208. The smallest absolute Gasteiger partial charge is 0.106 e. The van der Waals surface area contributed by atoms with Gasteiger partial charge >= 0.3 is 0 Å². The monoisotopic (exact) mass is 153 g/mol.